The van der Waals surface area contributed by atoms with Crippen molar-refractivity contribution in [2.24, 2.45) is 0 Å². The summed E-state index contributed by atoms with van der Waals surface area (Å²) in [6.07, 6.45) is -0.416. The van der Waals surface area contributed by atoms with Gasteiger partial charge in [-0.2, -0.15) is 0 Å². The molecule has 1 aliphatic heterocycles. The smallest absolute Gasteiger partial charge is 0.303 e. The molecule has 1 heterocycles. The van der Waals surface area contributed by atoms with Crippen LogP contribution < -0.4 is 5.32 Å². The summed E-state index contributed by atoms with van der Waals surface area (Å²) in [7, 11) is -2.91. The second-order valence-electron chi connectivity index (χ2n) is 5.89. The largest absolute Gasteiger partial charge is 0.460 e. The summed E-state index contributed by atoms with van der Waals surface area (Å²) in [5, 5.41) is 2.69. The van der Waals surface area contributed by atoms with Crippen molar-refractivity contribution in [2.75, 3.05) is 6.16 Å². The van der Waals surface area contributed by atoms with Crippen molar-refractivity contribution >= 4 is 25.0 Å². The van der Waals surface area contributed by atoms with Crippen LogP contribution in [0.2, 0.25) is 0 Å². The molecule has 8 heteroatoms. The van der Waals surface area contributed by atoms with Crippen LogP contribution in [0.15, 0.2) is 0 Å². The molecular weight excluding hydrogens is 309 g/mol. The maximum Gasteiger partial charge on any atom is 0.303 e. The summed E-state index contributed by atoms with van der Waals surface area (Å²) in [4.78, 5) is 33.9. The van der Waals surface area contributed by atoms with Crippen molar-refractivity contribution in [2.45, 2.75) is 64.7 Å². The van der Waals surface area contributed by atoms with E-state index in [1.165, 1.54) is 20.8 Å². The van der Waals surface area contributed by atoms with Gasteiger partial charge in [0.15, 0.2) is 5.85 Å². The molecule has 1 aliphatic rings. The Bertz CT molecular complexity index is 504. The Morgan fingerprint density at radius 2 is 1.64 bits per heavy atom. The highest BCUT2D eigenvalue weighted by atomic mass is 31.2. The molecule has 0 spiro atoms. The van der Waals surface area contributed by atoms with E-state index in [1.807, 2.05) is 0 Å². The molecule has 1 N–H and O–H groups in total. The van der Waals surface area contributed by atoms with E-state index in [4.69, 9.17) is 9.47 Å². The molecule has 7 nitrogen and oxygen atoms in total. The standard InChI is InChI=1S/C14H24NO6P/c1-8(2)22(19)7-13(20-10(4)17)12(15-9(3)16)6-14(22)21-11(5)18/h8,12-14H,6-7H2,1-5H3,(H,15,16)/t12-,13+,14+,22-/m0/s1. The first-order chi connectivity index (χ1) is 10.1. The van der Waals surface area contributed by atoms with Crippen LogP contribution in [0.25, 0.3) is 0 Å². The van der Waals surface area contributed by atoms with E-state index in [1.54, 1.807) is 13.8 Å². The van der Waals surface area contributed by atoms with E-state index in [2.05, 4.69) is 5.32 Å². The van der Waals surface area contributed by atoms with Crippen molar-refractivity contribution in [1.29, 1.82) is 0 Å². The molecule has 4 atom stereocenters. The Labute approximate surface area is 130 Å². The van der Waals surface area contributed by atoms with Crippen LogP contribution in [0.3, 0.4) is 0 Å². The minimum Gasteiger partial charge on any atom is -0.460 e. The molecule has 0 unspecified atom stereocenters. The molecule has 1 amide bonds. The Morgan fingerprint density at radius 1 is 1.09 bits per heavy atom. The van der Waals surface area contributed by atoms with Crippen LogP contribution in [-0.4, -0.2) is 47.7 Å². The van der Waals surface area contributed by atoms with E-state index < -0.39 is 37.1 Å². The zero-order valence-corrected chi connectivity index (χ0v) is 14.5. The Balaban J connectivity index is 3.10. The SMILES string of the molecule is CC(=O)N[C@H]1C[C@H](OC(C)=O)[P@@](=O)(C(C)C)C[C@H]1OC(C)=O. The summed E-state index contributed by atoms with van der Waals surface area (Å²) in [5.74, 6) is -2.07. The number of hydrogen-bond acceptors (Lipinski definition) is 6. The second-order valence-corrected chi connectivity index (χ2v) is 9.57. The summed E-state index contributed by atoms with van der Waals surface area (Å²) in [6.45, 7) is 7.46. The highest BCUT2D eigenvalue weighted by Crippen LogP contribution is 2.60. The Hall–Kier alpha value is -1.36. The lowest BCUT2D eigenvalue weighted by molar-refractivity contribution is -0.151. The third-order valence-corrected chi connectivity index (χ3v) is 7.71. The van der Waals surface area contributed by atoms with Crippen molar-refractivity contribution in [3.05, 3.63) is 0 Å². The lowest BCUT2D eigenvalue weighted by Crippen LogP contribution is -2.52. The topological polar surface area (TPSA) is 98.8 Å². The van der Waals surface area contributed by atoms with E-state index in [0.29, 0.717) is 0 Å². The third kappa shape index (κ3) is 4.57. The average Bonchev–Trinajstić information content (AvgIpc) is 2.32. The van der Waals surface area contributed by atoms with Gasteiger partial charge in [0.25, 0.3) is 0 Å². The predicted octanol–water partition coefficient (Wildman–Crippen LogP) is 1.49. The molecule has 0 aromatic carbocycles. The second kappa shape index (κ2) is 7.27. The Morgan fingerprint density at radius 3 is 2.05 bits per heavy atom. The zero-order chi connectivity index (χ0) is 17.1. The van der Waals surface area contributed by atoms with Gasteiger partial charge in [-0.1, -0.05) is 13.8 Å². The van der Waals surface area contributed by atoms with Crippen molar-refractivity contribution in [3.63, 3.8) is 0 Å². The molecule has 0 saturated carbocycles. The van der Waals surface area contributed by atoms with Crippen LogP contribution in [0.5, 0.6) is 0 Å². The van der Waals surface area contributed by atoms with Crippen LogP contribution in [0.4, 0.5) is 0 Å². The van der Waals surface area contributed by atoms with Gasteiger partial charge in [0.1, 0.15) is 13.2 Å². The molecule has 0 bridgehead atoms. The third-order valence-electron chi connectivity index (χ3n) is 3.74. The Kier molecular flexibility index (Phi) is 6.17. The van der Waals surface area contributed by atoms with Crippen molar-refractivity contribution in [3.8, 4) is 0 Å². The van der Waals surface area contributed by atoms with Crippen LogP contribution in [0, 0.1) is 0 Å². The number of ether oxygens (including phenoxy) is 2. The van der Waals surface area contributed by atoms with Gasteiger partial charge in [0.05, 0.1) is 6.04 Å². The summed E-state index contributed by atoms with van der Waals surface area (Å²) in [6, 6.07) is -0.522. The van der Waals surface area contributed by atoms with Gasteiger partial charge in [0, 0.05) is 39.0 Å². The van der Waals surface area contributed by atoms with E-state index in [9.17, 15) is 18.9 Å². The molecule has 0 aromatic rings. The highest BCUT2D eigenvalue weighted by molar-refractivity contribution is 7.65. The van der Waals surface area contributed by atoms with Gasteiger partial charge < -0.3 is 19.4 Å². The number of nitrogens with one attached hydrogen (secondary N) is 1. The van der Waals surface area contributed by atoms with Crippen LogP contribution >= 0.6 is 7.14 Å². The number of hydrogen-bond donors (Lipinski definition) is 1. The molecule has 1 rings (SSSR count). The van der Waals surface area contributed by atoms with Gasteiger partial charge >= 0.3 is 11.9 Å². The minimum absolute atomic E-state index is 0.0904. The fourth-order valence-electron chi connectivity index (χ4n) is 2.69. The van der Waals surface area contributed by atoms with Crippen molar-refractivity contribution in [1.82, 2.24) is 5.32 Å². The maximum atomic E-state index is 13.2. The van der Waals surface area contributed by atoms with E-state index in [0.717, 1.165) is 0 Å². The highest BCUT2D eigenvalue weighted by Gasteiger charge is 2.49. The first kappa shape index (κ1) is 18.7. The van der Waals surface area contributed by atoms with E-state index >= 15 is 0 Å². The lowest BCUT2D eigenvalue weighted by atomic mass is 10.1. The maximum absolute atomic E-state index is 13.2. The molecular formula is C14H24NO6P. The molecule has 126 valence electrons. The van der Waals surface area contributed by atoms with Crippen LogP contribution in [0.1, 0.15) is 41.0 Å². The molecule has 22 heavy (non-hydrogen) atoms. The number of amides is 1. The summed E-state index contributed by atoms with van der Waals surface area (Å²) in [5.41, 5.74) is -0.215. The minimum atomic E-state index is -2.91. The van der Waals surface area contributed by atoms with Gasteiger partial charge in [-0.05, 0) is 0 Å². The van der Waals surface area contributed by atoms with Crippen LogP contribution in [-0.2, 0) is 28.4 Å². The fraction of sp³-hybridized carbons (Fsp3) is 0.786. The van der Waals surface area contributed by atoms with Gasteiger partial charge in [-0.3, -0.25) is 14.4 Å². The van der Waals surface area contributed by atoms with Gasteiger partial charge in [-0.25, -0.2) is 0 Å². The monoisotopic (exact) mass is 333 g/mol. The van der Waals surface area contributed by atoms with E-state index in [-0.39, 0.29) is 24.1 Å². The lowest BCUT2D eigenvalue weighted by Gasteiger charge is -2.41. The molecule has 0 aliphatic carbocycles. The molecule has 0 aromatic heterocycles. The first-order valence-corrected chi connectivity index (χ1v) is 9.29. The number of esters is 2. The zero-order valence-electron chi connectivity index (χ0n) is 13.6. The quantitative estimate of drug-likeness (QED) is 0.618. The van der Waals surface area contributed by atoms with Gasteiger partial charge in [-0.15, -0.1) is 0 Å². The normalized spacial score (nSPS) is 31.5. The van der Waals surface area contributed by atoms with Gasteiger partial charge in [0.2, 0.25) is 5.91 Å². The molecule has 1 fully saturated rings. The number of carbonyl (C=O) groups excluding carboxylic acids is 3. The average molecular weight is 333 g/mol. The van der Waals surface area contributed by atoms with Crippen molar-refractivity contribution < 1.29 is 28.4 Å². The summed E-state index contributed by atoms with van der Waals surface area (Å²) >= 11 is 0. The summed E-state index contributed by atoms with van der Waals surface area (Å²) < 4.78 is 23.7. The first-order valence-electron chi connectivity index (χ1n) is 7.26. The molecule has 1 saturated heterocycles. The predicted molar refractivity (Wildman–Crippen MR) is 80.9 cm³/mol. The number of carbonyl (C=O) groups is 3. The number of rotatable bonds is 4. The fourth-order valence-corrected chi connectivity index (χ4v) is 5.82. The molecule has 0 radical (unpaired) electrons.